The molecule has 2 aromatic carbocycles. The molecule has 5 nitrogen and oxygen atoms in total. The van der Waals surface area contributed by atoms with Gasteiger partial charge in [0, 0.05) is 12.5 Å². The van der Waals surface area contributed by atoms with Crippen LogP contribution in [-0.2, 0) is 4.79 Å². The van der Waals surface area contributed by atoms with Gasteiger partial charge in [-0.15, -0.1) is 0 Å². The lowest BCUT2D eigenvalue weighted by atomic mass is 9.88. The average molecular weight is 484 g/mol. The monoisotopic (exact) mass is 483 g/mol. The lowest BCUT2D eigenvalue weighted by Crippen LogP contribution is -2.41. The highest BCUT2D eigenvalue weighted by Crippen LogP contribution is 2.30. The molecule has 0 spiro atoms. The summed E-state index contributed by atoms with van der Waals surface area (Å²) in [4.78, 5) is 34.0. The fourth-order valence-corrected chi connectivity index (χ4v) is 5.03. The van der Waals surface area contributed by atoms with Gasteiger partial charge in [0.05, 0.1) is 27.7 Å². The van der Waals surface area contributed by atoms with Gasteiger partial charge in [-0.25, -0.2) is 9.37 Å². The first kappa shape index (κ1) is 24.4. The molecule has 7 heteroatoms. The van der Waals surface area contributed by atoms with Gasteiger partial charge in [0.2, 0.25) is 5.91 Å². The maximum absolute atomic E-state index is 13.9. The smallest absolute Gasteiger partial charge is 0.266 e. The van der Waals surface area contributed by atoms with E-state index in [1.165, 1.54) is 29.2 Å². The molecule has 0 bridgehead atoms. The van der Waals surface area contributed by atoms with Crippen LogP contribution in [0.2, 0.25) is 5.02 Å². The second kappa shape index (κ2) is 10.7. The molecule has 4 rings (SSSR count). The predicted octanol–water partition coefficient (Wildman–Crippen LogP) is 6.45. The van der Waals surface area contributed by atoms with Crippen molar-refractivity contribution in [1.29, 1.82) is 0 Å². The number of fused-ring (bicyclic) bond motifs is 1. The van der Waals surface area contributed by atoms with E-state index in [0.717, 1.165) is 38.5 Å². The van der Waals surface area contributed by atoms with Crippen LogP contribution < -0.4 is 5.56 Å². The van der Waals surface area contributed by atoms with Crippen molar-refractivity contribution in [3.8, 4) is 5.69 Å². The largest absolute Gasteiger partial charge is 0.333 e. The van der Waals surface area contributed by atoms with Crippen LogP contribution in [0.15, 0.2) is 47.3 Å². The van der Waals surface area contributed by atoms with Crippen molar-refractivity contribution in [3.63, 3.8) is 0 Å². The summed E-state index contributed by atoms with van der Waals surface area (Å²) in [6.45, 7) is 4.62. The van der Waals surface area contributed by atoms with Crippen LogP contribution in [0.4, 0.5) is 4.39 Å². The van der Waals surface area contributed by atoms with Gasteiger partial charge in [0.15, 0.2) is 0 Å². The molecule has 1 unspecified atom stereocenters. The normalized spacial score (nSPS) is 15.4. The Hall–Kier alpha value is -2.73. The molecule has 1 heterocycles. The highest BCUT2D eigenvalue weighted by Gasteiger charge is 2.31. The second-order valence-corrected chi connectivity index (χ2v) is 9.53. The molecule has 1 fully saturated rings. The van der Waals surface area contributed by atoms with Gasteiger partial charge >= 0.3 is 0 Å². The zero-order valence-corrected chi connectivity index (χ0v) is 20.5. The summed E-state index contributed by atoms with van der Waals surface area (Å²) >= 11 is 6.07. The Balaban J connectivity index is 1.86. The van der Waals surface area contributed by atoms with E-state index in [-0.39, 0.29) is 22.4 Å². The zero-order valence-electron chi connectivity index (χ0n) is 19.8. The molecule has 0 saturated heterocycles. The van der Waals surface area contributed by atoms with Crippen LogP contribution in [-0.4, -0.2) is 26.9 Å². The van der Waals surface area contributed by atoms with E-state index in [0.29, 0.717) is 29.0 Å². The molecule has 1 aliphatic carbocycles. The topological polar surface area (TPSA) is 55.2 Å². The number of rotatable bonds is 7. The SMILES string of the molecule is CCCCN(C(=O)C1CCCCC1)C(C)c1nc2ccccc2c(=O)n1-c1ccc(F)c(Cl)c1. The molecule has 0 aliphatic heterocycles. The van der Waals surface area contributed by atoms with Gasteiger partial charge in [0.25, 0.3) is 5.56 Å². The summed E-state index contributed by atoms with van der Waals surface area (Å²) in [5.74, 6) is 0.0335. The van der Waals surface area contributed by atoms with Crippen LogP contribution in [0.3, 0.4) is 0 Å². The summed E-state index contributed by atoms with van der Waals surface area (Å²) in [5, 5.41) is 0.384. The lowest BCUT2D eigenvalue weighted by Gasteiger charge is -2.34. The molecular formula is C27H31ClFN3O2. The highest BCUT2D eigenvalue weighted by atomic mass is 35.5. The van der Waals surface area contributed by atoms with E-state index < -0.39 is 11.9 Å². The van der Waals surface area contributed by atoms with Gasteiger partial charge in [-0.1, -0.05) is 56.3 Å². The average Bonchev–Trinajstić information content (AvgIpc) is 2.86. The molecule has 0 radical (unpaired) electrons. The number of unbranched alkanes of at least 4 members (excludes halogenated alkanes) is 1. The van der Waals surface area contributed by atoms with Crippen molar-refractivity contribution >= 4 is 28.4 Å². The van der Waals surface area contributed by atoms with Crippen LogP contribution >= 0.6 is 11.6 Å². The molecule has 1 saturated carbocycles. The van der Waals surface area contributed by atoms with Crippen LogP contribution in [0.25, 0.3) is 16.6 Å². The molecule has 34 heavy (non-hydrogen) atoms. The number of carbonyl (C=O) groups is 1. The third kappa shape index (κ3) is 4.88. The number of hydrogen-bond acceptors (Lipinski definition) is 3. The quantitative estimate of drug-likeness (QED) is 0.388. The van der Waals surface area contributed by atoms with E-state index in [1.807, 2.05) is 17.9 Å². The Labute approximate surface area is 204 Å². The number of benzene rings is 2. The lowest BCUT2D eigenvalue weighted by molar-refractivity contribution is -0.139. The van der Waals surface area contributed by atoms with E-state index in [2.05, 4.69) is 6.92 Å². The number of aromatic nitrogens is 2. The van der Waals surface area contributed by atoms with Crippen LogP contribution in [0.5, 0.6) is 0 Å². The predicted molar refractivity (Wildman–Crippen MR) is 134 cm³/mol. The highest BCUT2D eigenvalue weighted by molar-refractivity contribution is 6.30. The fraction of sp³-hybridized carbons (Fsp3) is 0.444. The van der Waals surface area contributed by atoms with Crippen molar-refractivity contribution in [2.75, 3.05) is 6.54 Å². The molecular weight excluding hydrogens is 453 g/mol. The third-order valence-electron chi connectivity index (χ3n) is 6.79. The minimum atomic E-state index is -0.557. The summed E-state index contributed by atoms with van der Waals surface area (Å²) < 4.78 is 15.4. The number of carbonyl (C=O) groups excluding carboxylic acids is 1. The first-order valence-corrected chi connectivity index (χ1v) is 12.6. The summed E-state index contributed by atoms with van der Waals surface area (Å²) in [6, 6.07) is 10.9. The van der Waals surface area contributed by atoms with Gasteiger partial charge in [0.1, 0.15) is 11.6 Å². The van der Waals surface area contributed by atoms with E-state index >= 15 is 0 Å². The van der Waals surface area contributed by atoms with E-state index in [4.69, 9.17) is 16.6 Å². The first-order valence-electron chi connectivity index (χ1n) is 12.2. The molecule has 0 N–H and O–H groups in total. The van der Waals surface area contributed by atoms with Crippen molar-refractivity contribution in [2.45, 2.75) is 64.8 Å². The van der Waals surface area contributed by atoms with Crippen molar-refractivity contribution in [1.82, 2.24) is 14.5 Å². The maximum atomic E-state index is 13.9. The number of para-hydroxylation sites is 1. The molecule has 1 aliphatic rings. The van der Waals surface area contributed by atoms with Gasteiger partial charge in [-0.2, -0.15) is 0 Å². The van der Waals surface area contributed by atoms with Gasteiger partial charge in [-0.05, 0) is 56.5 Å². The van der Waals surface area contributed by atoms with Gasteiger partial charge < -0.3 is 4.90 Å². The van der Waals surface area contributed by atoms with Crippen LogP contribution in [0.1, 0.15) is 70.7 Å². The third-order valence-corrected chi connectivity index (χ3v) is 7.08. The van der Waals surface area contributed by atoms with Crippen molar-refractivity contribution in [3.05, 3.63) is 69.5 Å². The van der Waals surface area contributed by atoms with E-state index in [1.54, 1.807) is 18.2 Å². The maximum Gasteiger partial charge on any atom is 0.266 e. The molecule has 1 atom stereocenters. The van der Waals surface area contributed by atoms with E-state index in [9.17, 15) is 14.0 Å². The molecule has 1 amide bonds. The Bertz CT molecular complexity index is 1240. The second-order valence-electron chi connectivity index (χ2n) is 9.12. The number of nitrogens with zero attached hydrogens (tertiary/aromatic N) is 3. The zero-order chi connectivity index (χ0) is 24.2. The Morgan fingerprint density at radius 2 is 1.94 bits per heavy atom. The molecule has 1 aromatic heterocycles. The Morgan fingerprint density at radius 1 is 1.21 bits per heavy atom. The Kier molecular flexibility index (Phi) is 7.67. The van der Waals surface area contributed by atoms with Gasteiger partial charge in [-0.3, -0.25) is 14.2 Å². The van der Waals surface area contributed by atoms with Crippen molar-refractivity contribution in [2.24, 2.45) is 5.92 Å². The first-order chi connectivity index (χ1) is 16.4. The fourth-order valence-electron chi connectivity index (χ4n) is 4.85. The number of hydrogen-bond donors (Lipinski definition) is 0. The molecule has 180 valence electrons. The minimum Gasteiger partial charge on any atom is -0.333 e. The summed E-state index contributed by atoms with van der Waals surface area (Å²) in [6.07, 6.45) is 6.93. The Morgan fingerprint density at radius 3 is 2.65 bits per heavy atom. The number of amides is 1. The summed E-state index contributed by atoms with van der Waals surface area (Å²) in [5.41, 5.74) is 0.729. The summed E-state index contributed by atoms with van der Waals surface area (Å²) in [7, 11) is 0. The standard InChI is InChI=1S/C27H31ClFN3O2/c1-3-4-16-31(26(33)19-10-6-5-7-11-19)18(2)25-30-24-13-9-8-12-21(24)27(34)32(25)20-14-15-23(29)22(28)17-20/h8-9,12-15,17-19H,3-7,10-11,16H2,1-2H3. The van der Waals surface area contributed by atoms with Crippen LogP contribution in [0, 0.1) is 11.7 Å². The number of halogens is 2. The minimum absolute atomic E-state index is 0.00829. The molecule has 3 aromatic rings. The van der Waals surface area contributed by atoms with Crippen molar-refractivity contribution < 1.29 is 9.18 Å².